The van der Waals surface area contributed by atoms with Crippen molar-refractivity contribution in [3.05, 3.63) is 29.8 Å². The number of carbonyl (C=O) groups is 1. The zero-order valence-electron chi connectivity index (χ0n) is 12.7. The maximum atomic E-state index is 12.3. The van der Waals surface area contributed by atoms with Crippen LogP contribution < -0.4 is 10.1 Å². The molecule has 0 aliphatic carbocycles. The van der Waals surface area contributed by atoms with E-state index >= 15 is 0 Å². The van der Waals surface area contributed by atoms with Crippen molar-refractivity contribution in [3.63, 3.8) is 0 Å². The Morgan fingerprint density at radius 3 is 2.20 bits per heavy atom. The Bertz CT molecular complexity index is 416. The Balaban J connectivity index is 2.77. The highest BCUT2D eigenvalue weighted by Crippen LogP contribution is 2.20. The Kier molecular flexibility index (Phi) is 6.53. The summed E-state index contributed by atoms with van der Waals surface area (Å²) in [5.74, 6) is 0.749. The van der Waals surface area contributed by atoms with Gasteiger partial charge >= 0.3 is 0 Å². The zero-order chi connectivity index (χ0) is 15.2. The van der Waals surface area contributed by atoms with E-state index in [-0.39, 0.29) is 17.6 Å². The minimum atomic E-state index is -0.176. The fourth-order valence-corrected chi connectivity index (χ4v) is 2.85. The summed E-state index contributed by atoms with van der Waals surface area (Å²) in [6.07, 6.45) is 1.93. The van der Waals surface area contributed by atoms with Crippen molar-refractivity contribution in [2.45, 2.75) is 52.2 Å². The molecule has 0 heterocycles. The highest BCUT2D eigenvalue weighted by molar-refractivity contribution is 9.09. The fraction of sp³-hybridized carbons (Fsp3) is 0.562. The predicted molar refractivity (Wildman–Crippen MR) is 86.8 cm³/mol. The molecule has 0 fully saturated rings. The second kappa shape index (κ2) is 7.67. The third-order valence-electron chi connectivity index (χ3n) is 3.48. The third-order valence-corrected chi connectivity index (χ3v) is 4.55. The summed E-state index contributed by atoms with van der Waals surface area (Å²) in [5, 5.41) is 3.89. The van der Waals surface area contributed by atoms with E-state index in [0.29, 0.717) is 5.56 Å². The lowest BCUT2D eigenvalue weighted by Crippen LogP contribution is -2.49. The number of carbonyl (C=O) groups excluding carboxylic acids is 1. The van der Waals surface area contributed by atoms with Gasteiger partial charge in [0.2, 0.25) is 0 Å². The molecule has 1 aromatic rings. The first kappa shape index (κ1) is 17.0. The van der Waals surface area contributed by atoms with Crippen LogP contribution in [-0.2, 0) is 0 Å². The summed E-state index contributed by atoms with van der Waals surface area (Å²) in [5.41, 5.74) is 0.484. The Hall–Kier alpha value is -1.03. The fourth-order valence-electron chi connectivity index (χ4n) is 1.92. The van der Waals surface area contributed by atoms with E-state index in [1.54, 1.807) is 12.1 Å². The van der Waals surface area contributed by atoms with Gasteiger partial charge in [-0.15, -0.1) is 0 Å². The molecule has 1 rings (SSSR count). The molecular weight excluding hydrogens is 318 g/mol. The Morgan fingerprint density at radius 2 is 1.80 bits per heavy atom. The van der Waals surface area contributed by atoms with Crippen LogP contribution in [0.4, 0.5) is 0 Å². The second-order valence-electron chi connectivity index (χ2n) is 5.27. The van der Waals surface area contributed by atoms with Crippen molar-refractivity contribution in [1.82, 2.24) is 5.32 Å². The molecule has 1 aromatic carbocycles. The zero-order valence-corrected chi connectivity index (χ0v) is 14.3. The topological polar surface area (TPSA) is 38.3 Å². The van der Waals surface area contributed by atoms with E-state index in [1.807, 2.05) is 26.0 Å². The molecule has 4 heteroatoms. The summed E-state index contributed by atoms with van der Waals surface area (Å²) in [6.45, 7) is 8.14. The number of rotatable bonds is 7. The largest absolute Gasteiger partial charge is 0.491 e. The van der Waals surface area contributed by atoms with E-state index in [0.717, 1.165) is 23.9 Å². The lowest BCUT2D eigenvalue weighted by Gasteiger charge is -2.31. The van der Waals surface area contributed by atoms with Gasteiger partial charge < -0.3 is 10.1 Å². The van der Waals surface area contributed by atoms with E-state index in [1.165, 1.54) is 0 Å². The van der Waals surface area contributed by atoms with E-state index in [2.05, 4.69) is 35.1 Å². The van der Waals surface area contributed by atoms with E-state index in [4.69, 9.17) is 4.74 Å². The van der Waals surface area contributed by atoms with Crippen molar-refractivity contribution >= 4 is 21.8 Å². The van der Waals surface area contributed by atoms with Gasteiger partial charge in [-0.05, 0) is 51.0 Å². The third kappa shape index (κ3) is 4.51. The monoisotopic (exact) mass is 341 g/mol. The summed E-state index contributed by atoms with van der Waals surface area (Å²) < 4.78 is 5.57. The average Bonchev–Trinajstić information content (AvgIpc) is 2.45. The van der Waals surface area contributed by atoms with Gasteiger partial charge in [-0.25, -0.2) is 0 Å². The predicted octanol–water partition coefficient (Wildman–Crippen LogP) is 4.16. The molecule has 0 bridgehead atoms. The highest BCUT2D eigenvalue weighted by atomic mass is 79.9. The smallest absolute Gasteiger partial charge is 0.251 e. The molecule has 0 saturated carbocycles. The lowest BCUT2D eigenvalue weighted by molar-refractivity contribution is 0.0903. The van der Waals surface area contributed by atoms with Gasteiger partial charge in [0.25, 0.3) is 5.91 Å². The summed E-state index contributed by atoms with van der Waals surface area (Å²) >= 11 is 3.50. The molecule has 1 amide bonds. The Labute approximate surface area is 130 Å². The van der Waals surface area contributed by atoms with Crippen LogP contribution in [0.5, 0.6) is 5.75 Å². The van der Waals surface area contributed by atoms with E-state index < -0.39 is 0 Å². The standard InChI is InChI=1S/C16H24BrNO2/c1-5-16(6-2,11-17)18-15(19)13-7-9-14(10-8-13)20-12(3)4/h7-10,12H,5-6,11H2,1-4H3,(H,18,19). The first-order chi connectivity index (χ1) is 9.46. The van der Waals surface area contributed by atoms with E-state index in [9.17, 15) is 4.79 Å². The molecule has 0 spiro atoms. The van der Waals surface area contributed by atoms with Crippen LogP contribution in [0.25, 0.3) is 0 Å². The van der Waals surface area contributed by atoms with Crippen molar-refractivity contribution in [3.8, 4) is 5.75 Å². The van der Waals surface area contributed by atoms with Crippen LogP contribution in [0, 0.1) is 0 Å². The highest BCUT2D eigenvalue weighted by Gasteiger charge is 2.27. The first-order valence-electron chi connectivity index (χ1n) is 7.11. The molecule has 0 atom stereocenters. The summed E-state index contributed by atoms with van der Waals surface area (Å²) in [6, 6.07) is 7.28. The molecule has 3 nitrogen and oxygen atoms in total. The van der Waals surface area contributed by atoms with Gasteiger partial charge in [-0.2, -0.15) is 0 Å². The summed E-state index contributed by atoms with van der Waals surface area (Å²) in [7, 11) is 0. The number of halogens is 1. The van der Waals surface area contributed by atoms with Gasteiger partial charge in [-0.1, -0.05) is 29.8 Å². The van der Waals surface area contributed by atoms with Crippen LogP contribution in [0.15, 0.2) is 24.3 Å². The number of alkyl halides is 1. The maximum absolute atomic E-state index is 12.3. The molecule has 0 aliphatic heterocycles. The maximum Gasteiger partial charge on any atom is 0.251 e. The van der Waals surface area contributed by atoms with Crippen molar-refractivity contribution in [1.29, 1.82) is 0 Å². The number of ether oxygens (including phenoxy) is 1. The molecule has 0 aliphatic rings. The van der Waals surface area contributed by atoms with Crippen LogP contribution in [0.2, 0.25) is 0 Å². The molecule has 112 valence electrons. The molecule has 1 N–H and O–H groups in total. The number of amides is 1. The van der Waals surface area contributed by atoms with Crippen molar-refractivity contribution in [2.75, 3.05) is 5.33 Å². The van der Waals surface area contributed by atoms with Crippen LogP contribution in [-0.4, -0.2) is 22.9 Å². The van der Waals surface area contributed by atoms with Crippen LogP contribution in [0.3, 0.4) is 0 Å². The molecule has 0 saturated heterocycles. The summed E-state index contributed by atoms with van der Waals surface area (Å²) in [4.78, 5) is 12.3. The van der Waals surface area contributed by atoms with Crippen LogP contribution >= 0.6 is 15.9 Å². The van der Waals surface area contributed by atoms with Gasteiger partial charge in [-0.3, -0.25) is 4.79 Å². The molecule has 0 unspecified atom stereocenters. The molecule has 0 aromatic heterocycles. The van der Waals surface area contributed by atoms with Gasteiger partial charge in [0, 0.05) is 16.4 Å². The number of benzene rings is 1. The van der Waals surface area contributed by atoms with Gasteiger partial charge in [0.05, 0.1) is 6.10 Å². The van der Waals surface area contributed by atoms with Crippen molar-refractivity contribution < 1.29 is 9.53 Å². The molecule has 20 heavy (non-hydrogen) atoms. The van der Waals surface area contributed by atoms with Crippen LogP contribution in [0.1, 0.15) is 50.9 Å². The minimum absolute atomic E-state index is 0.0377. The quantitative estimate of drug-likeness (QED) is 0.756. The van der Waals surface area contributed by atoms with Gasteiger partial charge in [0.1, 0.15) is 5.75 Å². The molecule has 0 radical (unpaired) electrons. The van der Waals surface area contributed by atoms with Crippen molar-refractivity contribution in [2.24, 2.45) is 0 Å². The SMILES string of the molecule is CCC(CC)(CBr)NC(=O)c1ccc(OC(C)C)cc1. The normalized spacial score (nSPS) is 11.5. The van der Waals surface area contributed by atoms with Gasteiger partial charge in [0.15, 0.2) is 0 Å². The first-order valence-corrected chi connectivity index (χ1v) is 8.23. The second-order valence-corrected chi connectivity index (χ2v) is 5.83. The number of hydrogen-bond acceptors (Lipinski definition) is 2. The Morgan fingerprint density at radius 1 is 1.25 bits per heavy atom. The minimum Gasteiger partial charge on any atom is -0.491 e. The number of nitrogens with one attached hydrogen (secondary N) is 1. The molecular formula is C16H24BrNO2. The number of hydrogen-bond donors (Lipinski definition) is 1. The lowest BCUT2D eigenvalue weighted by atomic mass is 9.95. The average molecular weight is 342 g/mol.